The first-order valence-electron chi connectivity index (χ1n) is 7.50. The lowest BCUT2D eigenvalue weighted by molar-refractivity contribution is -0.130. The highest BCUT2D eigenvalue weighted by molar-refractivity contribution is 5.80. The van der Waals surface area contributed by atoms with Gasteiger partial charge in [-0.05, 0) is 47.7 Å². The Balaban J connectivity index is 2.43. The van der Waals surface area contributed by atoms with Crippen LogP contribution in [-0.2, 0) is 9.53 Å². The number of piperidine rings is 1. The van der Waals surface area contributed by atoms with Crippen LogP contribution in [0.1, 0.15) is 33.6 Å². The fraction of sp³-hybridized carbons (Fsp3) is 0.933. The number of hydrogen-bond acceptors (Lipinski definition) is 4. The molecule has 0 bridgehead atoms. The molecular weight excluding hydrogens is 254 g/mol. The third kappa shape index (κ3) is 4.72. The van der Waals surface area contributed by atoms with E-state index < -0.39 is 0 Å². The number of likely N-dealkylation sites (tertiary alicyclic amines) is 1. The number of nitrogens with one attached hydrogen (secondary N) is 1. The van der Waals surface area contributed by atoms with Crippen LogP contribution in [0.5, 0.6) is 0 Å². The number of ether oxygens (including phenoxy) is 1. The van der Waals surface area contributed by atoms with Crippen molar-refractivity contribution in [2.24, 2.45) is 0 Å². The second kappa shape index (κ2) is 7.38. The van der Waals surface area contributed by atoms with Gasteiger partial charge >= 0.3 is 0 Å². The van der Waals surface area contributed by atoms with Crippen molar-refractivity contribution in [1.29, 1.82) is 0 Å². The molecule has 0 saturated carbocycles. The summed E-state index contributed by atoms with van der Waals surface area (Å²) in [6.07, 6.45) is 2.00. The van der Waals surface area contributed by atoms with Crippen LogP contribution in [0, 0.1) is 0 Å². The summed E-state index contributed by atoms with van der Waals surface area (Å²) in [6.45, 7) is 9.00. The third-order valence-corrected chi connectivity index (χ3v) is 4.47. The number of methoxy groups -OCH3 is 1. The predicted molar refractivity (Wildman–Crippen MR) is 81.8 cm³/mol. The van der Waals surface area contributed by atoms with Gasteiger partial charge in [-0.3, -0.25) is 9.69 Å². The summed E-state index contributed by atoms with van der Waals surface area (Å²) in [4.78, 5) is 16.6. The zero-order chi connectivity index (χ0) is 15.3. The van der Waals surface area contributed by atoms with E-state index in [-0.39, 0.29) is 17.6 Å². The van der Waals surface area contributed by atoms with Crippen LogP contribution in [0.15, 0.2) is 0 Å². The van der Waals surface area contributed by atoms with Crippen molar-refractivity contribution in [3.63, 3.8) is 0 Å². The van der Waals surface area contributed by atoms with Gasteiger partial charge in [0.05, 0.1) is 0 Å². The SMILES string of the molecule is CO[C@@H](C)C(=O)NCC(C)(C)N1CCC(N(C)C)CC1. The monoisotopic (exact) mass is 285 g/mol. The van der Waals surface area contributed by atoms with E-state index in [9.17, 15) is 4.79 Å². The molecule has 0 spiro atoms. The third-order valence-electron chi connectivity index (χ3n) is 4.47. The summed E-state index contributed by atoms with van der Waals surface area (Å²) >= 11 is 0. The standard InChI is InChI=1S/C15H31N3O2/c1-12(20-6)14(19)16-11-15(2,3)18-9-7-13(8-10-18)17(4)5/h12-13H,7-11H2,1-6H3,(H,16,19)/t12-/m0/s1. The van der Waals surface area contributed by atoms with Crippen LogP contribution in [0.25, 0.3) is 0 Å². The van der Waals surface area contributed by atoms with Crippen molar-refractivity contribution in [3.8, 4) is 0 Å². The van der Waals surface area contributed by atoms with Gasteiger partial charge in [-0.25, -0.2) is 0 Å². The molecule has 5 nitrogen and oxygen atoms in total. The Morgan fingerprint density at radius 2 is 1.95 bits per heavy atom. The number of rotatable bonds is 6. The average molecular weight is 285 g/mol. The van der Waals surface area contributed by atoms with Crippen molar-refractivity contribution in [3.05, 3.63) is 0 Å². The smallest absolute Gasteiger partial charge is 0.248 e. The molecule has 0 radical (unpaired) electrons. The Bertz CT molecular complexity index is 310. The molecule has 1 atom stereocenters. The first-order valence-corrected chi connectivity index (χ1v) is 7.50. The highest BCUT2D eigenvalue weighted by Gasteiger charge is 2.31. The molecule has 20 heavy (non-hydrogen) atoms. The molecule has 1 fully saturated rings. The fourth-order valence-electron chi connectivity index (χ4n) is 2.65. The molecule has 1 saturated heterocycles. The van der Waals surface area contributed by atoms with Crippen LogP contribution >= 0.6 is 0 Å². The summed E-state index contributed by atoms with van der Waals surface area (Å²) in [5, 5.41) is 2.99. The molecule has 1 amide bonds. The molecule has 0 aromatic heterocycles. The highest BCUT2D eigenvalue weighted by atomic mass is 16.5. The Morgan fingerprint density at radius 3 is 2.40 bits per heavy atom. The molecule has 5 heteroatoms. The van der Waals surface area contributed by atoms with Crippen LogP contribution in [0.2, 0.25) is 0 Å². The summed E-state index contributed by atoms with van der Waals surface area (Å²) in [5.41, 5.74) is -0.0135. The van der Waals surface area contributed by atoms with Gasteiger partial charge in [0.2, 0.25) is 5.91 Å². The number of carbonyl (C=O) groups is 1. The van der Waals surface area contributed by atoms with E-state index >= 15 is 0 Å². The minimum atomic E-state index is -0.384. The van der Waals surface area contributed by atoms with E-state index in [1.807, 2.05) is 0 Å². The van der Waals surface area contributed by atoms with Gasteiger partial charge in [0, 0.05) is 38.3 Å². The van der Waals surface area contributed by atoms with Gasteiger partial charge < -0.3 is 15.0 Å². The number of carbonyl (C=O) groups excluding carboxylic acids is 1. The Hall–Kier alpha value is -0.650. The second-order valence-corrected chi connectivity index (χ2v) is 6.59. The maximum atomic E-state index is 11.8. The molecule has 1 N–H and O–H groups in total. The molecule has 1 rings (SSSR count). The van der Waals surface area contributed by atoms with Gasteiger partial charge in [0.25, 0.3) is 0 Å². The van der Waals surface area contributed by atoms with Crippen molar-refractivity contribution in [2.75, 3.05) is 40.8 Å². The van der Waals surface area contributed by atoms with E-state index in [0.29, 0.717) is 12.6 Å². The minimum absolute atomic E-state index is 0.0135. The molecule has 1 aliphatic heterocycles. The van der Waals surface area contributed by atoms with Crippen molar-refractivity contribution in [2.45, 2.75) is 51.3 Å². The van der Waals surface area contributed by atoms with Gasteiger partial charge in [-0.1, -0.05) is 0 Å². The first kappa shape index (κ1) is 17.4. The molecule has 0 unspecified atom stereocenters. The number of hydrogen-bond donors (Lipinski definition) is 1. The summed E-state index contributed by atoms with van der Waals surface area (Å²) in [7, 11) is 5.86. The minimum Gasteiger partial charge on any atom is -0.372 e. The lowest BCUT2D eigenvalue weighted by atomic mass is 9.96. The van der Waals surface area contributed by atoms with Crippen LogP contribution in [-0.4, -0.2) is 74.2 Å². The zero-order valence-corrected chi connectivity index (χ0v) is 13.9. The Labute approximate surface area is 123 Å². The van der Waals surface area contributed by atoms with E-state index in [1.54, 1.807) is 14.0 Å². The number of amides is 1. The molecule has 1 aliphatic rings. The van der Waals surface area contributed by atoms with E-state index in [2.05, 4.69) is 43.1 Å². The van der Waals surface area contributed by atoms with Gasteiger partial charge in [-0.15, -0.1) is 0 Å². The van der Waals surface area contributed by atoms with Gasteiger partial charge in [0.1, 0.15) is 6.10 Å². The summed E-state index contributed by atoms with van der Waals surface area (Å²) in [6, 6.07) is 0.685. The second-order valence-electron chi connectivity index (χ2n) is 6.59. The maximum Gasteiger partial charge on any atom is 0.248 e. The summed E-state index contributed by atoms with van der Waals surface area (Å²) < 4.78 is 5.03. The van der Waals surface area contributed by atoms with Crippen molar-refractivity contribution < 1.29 is 9.53 Å². The molecule has 118 valence electrons. The van der Waals surface area contributed by atoms with Crippen LogP contribution in [0.4, 0.5) is 0 Å². The van der Waals surface area contributed by atoms with Crippen LogP contribution < -0.4 is 5.32 Å². The van der Waals surface area contributed by atoms with Gasteiger partial charge in [0.15, 0.2) is 0 Å². The lowest BCUT2D eigenvalue weighted by Gasteiger charge is -2.44. The van der Waals surface area contributed by atoms with E-state index in [4.69, 9.17) is 4.74 Å². The van der Waals surface area contributed by atoms with Crippen molar-refractivity contribution in [1.82, 2.24) is 15.1 Å². The van der Waals surface area contributed by atoms with E-state index in [0.717, 1.165) is 13.1 Å². The summed E-state index contributed by atoms with van der Waals surface area (Å²) in [5.74, 6) is -0.0382. The molecule has 0 aromatic rings. The maximum absolute atomic E-state index is 11.8. The van der Waals surface area contributed by atoms with Gasteiger partial charge in [-0.2, -0.15) is 0 Å². The Kier molecular flexibility index (Phi) is 6.43. The Morgan fingerprint density at radius 1 is 1.40 bits per heavy atom. The largest absolute Gasteiger partial charge is 0.372 e. The quantitative estimate of drug-likeness (QED) is 0.789. The zero-order valence-electron chi connectivity index (χ0n) is 13.9. The van der Waals surface area contributed by atoms with Crippen molar-refractivity contribution >= 4 is 5.91 Å². The topological polar surface area (TPSA) is 44.8 Å². The molecule has 0 aliphatic carbocycles. The highest BCUT2D eigenvalue weighted by Crippen LogP contribution is 2.22. The predicted octanol–water partition coefficient (Wildman–Crippen LogP) is 0.942. The van der Waals surface area contributed by atoms with Crippen LogP contribution in [0.3, 0.4) is 0 Å². The molecular formula is C15H31N3O2. The number of nitrogens with zero attached hydrogens (tertiary/aromatic N) is 2. The van der Waals surface area contributed by atoms with E-state index in [1.165, 1.54) is 12.8 Å². The first-order chi connectivity index (χ1) is 9.27. The average Bonchev–Trinajstić information content (AvgIpc) is 2.44. The fourth-order valence-corrected chi connectivity index (χ4v) is 2.65. The molecule has 0 aromatic carbocycles. The molecule has 1 heterocycles. The normalized spacial score (nSPS) is 20.1. The lowest BCUT2D eigenvalue weighted by Crippen LogP contribution is -2.56.